The zero-order valence-electron chi connectivity index (χ0n) is 15.4. The summed E-state index contributed by atoms with van der Waals surface area (Å²) in [6.07, 6.45) is 2.22. The first-order chi connectivity index (χ1) is 12.0. The van der Waals surface area contributed by atoms with Crippen LogP contribution in [0.1, 0.15) is 17.5 Å². The smallest absolute Gasteiger partial charge is 0.242 e. The summed E-state index contributed by atoms with van der Waals surface area (Å²) in [6.45, 7) is 2.04. The lowest BCUT2D eigenvalue weighted by atomic mass is 10.0. The molecule has 2 aromatic carbocycles. The Labute approximate surface area is 150 Å². The molecule has 0 bridgehead atoms. The van der Waals surface area contributed by atoms with E-state index in [-0.39, 0.29) is 5.91 Å². The molecule has 1 aliphatic rings. The van der Waals surface area contributed by atoms with Gasteiger partial charge in [0.15, 0.2) is 0 Å². The van der Waals surface area contributed by atoms with Crippen LogP contribution < -0.4 is 9.80 Å². The standard InChI is InChI=1S/C21H27N3O/c1-22(2)19-12-10-17(11-13-19)15-23(3)21(25)16-24-14-6-8-18-7-4-5-9-20(18)24/h4-5,7,9-13H,6,8,14-16H2,1-3H3. The molecule has 2 aromatic rings. The second kappa shape index (κ2) is 7.60. The van der Waals surface area contributed by atoms with Gasteiger partial charge in [-0.1, -0.05) is 30.3 Å². The Bertz CT molecular complexity index is 724. The Hall–Kier alpha value is -2.49. The lowest BCUT2D eigenvalue weighted by Gasteiger charge is -2.32. The summed E-state index contributed by atoms with van der Waals surface area (Å²) in [4.78, 5) is 18.8. The van der Waals surface area contributed by atoms with Crippen molar-refractivity contribution in [3.05, 3.63) is 59.7 Å². The quantitative estimate of drug-likeness (QED) is 0.838. The normalized spacial score (nSPS) is 13.3. The number of carbonyl (C=O) groups excluding carboxylic acids is 1. The number of carbonyl (C=O) groups is 1. The summed E-state index contributed by atoms with van der Waals surface area (Å²) in [6, 6.07) is 16.8. The first-order valence-electron chi connectivity index (χ1n) is 8.87. The minimum absolute atomic E-state index is 0.161. The van der Waals surface area contributed by atoms with Crippen molar-refractivity contribution < 1.29 is 4.79 Å². The van der Waals surface area contributed by atoms with Crippen molar-refractivity contribution >= 4 is 17.3 Å². The molecule has 0 N–H and O–H groups in total. The highest BCUT2D eigenvalue weighted by Crippen LogP contribution is 2.26. The number of para-hydroxylation sites is 1. The summed E-state index contributed by atoms with van der Waals surface area (Å²) < 4.78 is 0. The monoisotopic (exact) mass is 337 g/mol. The van der Waals surface area contributed by atoms with Gasteiger partial charge in [0.05, 0.1) is 6.54 Å². The van der Waals surface area contributed by atoms with Gasteiger partial charge >= 0.3 is 0 Å². The van der Waals surface area contributed by atoms with Crippen molar-refractivity contribution in [2.75, 3.05) is 44.0 Å². The number of rotatable bonds is 5. The average molecular weight is 337 g/mol. The number of benzene rings is 2. The zero-order chi connectivity index (χ0) is 17.8. The van der Waals surface area contributed by atoms with Gasteiger partial charge in [-0.25, -0.2) is 0 Å². The molecule has 0 spiro atoms. The highest BCUT2D eigenvalue weighted by atomic mass is 16.2. The van der Waals surface area contributed by atoms with E-state index in [1.807, 2.05) is 26.0 Å². The Morgan fingerprint density at radius 1 is 1.04 bits per heavy atom. The second-order valence-electron chi connectivity index (χ2n) is 6.96. The van der Waals surface area contributed by atoms with Gasteiger partial charge < -0.3 is 14.7 Å². The predicted octanol–water partition coefficient (Wildman–Crippen LogP) is 3.16. The fourth-order valence-corrected chi connectivity index (χ4v) is 3.32. The summed E-state index contributed by atoms with van der Waals surface area (Å²) in [5, 5.41) is 0. The zero-order valence-corrected chi connectivity index (χ0v) is 15.4. The number of likely N-dealkylation sites (N-methyl/N-ethyl adjacent to an activating group) is 1. The Morgan fingerprint density at radius 2 is 1.76 bits per heavy atom. The third-order valence-corrected chi connectivity index (χ3v) is 4.83. The number of hydrogen-bond donors (Lipinski definition) is 0. The SMILES string of the molecule is CN(Cc1ccc(N(C)C)cc1)C(=O)CN1CCCc2ccccc21. The van der Waals surface area contributed by atoms with Crippen LogP contribution in [-0.2, 0) is 17.8 Å². The van der Waals surface area contributed by atoms with E-state index in [0.29, 0.717) is 13.1 Å². The highest BCUT2D eigenvalue weighted by Gasteiger charge is 2.20. The lowest BCUT2D eigenvalue weighted by Crippen LogP contribution is -2.40. The summed E-state index contributed by atoms with van der Waals surface area (Å²) in [5.74, 6) is 0.161. The number of anilines is 2. The largest absolute Gasteiger partial charge is 0.378 e. The highest BCUT2D eigenvalue weighted by molar-refractivity contribution is 5.81. The second-order valence-corrected chi connectivity index (χ2v) is 6.96. The first-order valence-corrected chi connectivity index (χ1v) is 8.87. The topological polar surface area (TPSA) is 26.8 Å². The van der Waals surface area contributed by atoms with Gasteiger partial charge in [0.2, 0.25) is 5.91 Å². The molecule has 1 heterocycles. The third kappa shape index (κ3) is 4.13. The molecule has 1 amide bonds. The fourth-order valence-electron chi connectivity index (χ4n) is 3.32. The molecule has 3 rings (SSSR count). The van der Waals surface area contributed by atoms with Gasteiger partial charge in [-0.2, -0.15) is 0 Å². The van der Waals surface area contributed by atoms with E-state index in [1.54, 1.807) is 0 Å². The van der Waals surface area contributed by atoms with Crippen molar-refractivity contribution in [2.24, 2.45) is 0 Å². The van der Waals surface area contributed by atoms with Crippen molar-refractivity contribution in [1.29, 1.82) is 0 Å². The van der Waals surface area contributed by atoms with Crippen molar-refractivity contribution in [2.45, 2.75) is 19.4 Å². The number of hydrogen-bond acceptors (Lipinski definition) is 3. The van der Waals surface area contributed by atoms with E-state index in [9.17, 15) is 4.79 Å². The molecule has 4 nitrogen and oxygen atoms in total. The molecule has 0 saturated heterocycles. The third-order valence-electron chi connectivity index (χ3n) is 4.83. The van der Waals surface area contributed by atoms with E-state index < -0.39 is 0 Å². The summed E-state index contributed by atoms with van der Waals surface area (Å²) in [7, 11) is 5.94. The van der Waals surface area contributed by atoms with Crippen molar-refractivity contribution in [3.63, 3.8) is 0 Å². The van der Waals surface area contributed by atoms with Crippen molar-refractivity contribution in [1.82, 2.24) is 4.90 Å². The van der Waals surface area contributed by atoms with Gasteiger partial charge in [0, 0.05) is 45.6 Å². The van der Waals surface area contributed by atoms with Gasteiger partial charge in [-0.3, -0.25) is 4.79 Å². The molecular weight excluding hydrogens is 310 g/mol. The number of fused-ring (bicyclic) bond motifs is 1. The minimum Gasteiger partial charge on any atom is -0.378 e. The van der Waals surface area contributed by atoms with Gasteiger partial charge in [0.1, 0.15) is 0 Å². The van der Waals surface area contributed by atoms with E-state index in [1.165, 1.54) is 16.9 Å². The molecule has 0 aliphatic carbocycles. The van der Waals surface area contributed by atoms with Gasteiger partial charge in [0.25, 0.3) is 0 Å². The van der Waals surface area contributed by atoms with E-state index in [2.05, 4.69) is 58.3 Å². The number of amides is 1. The molecule has 0 unspecified atom stereocenters. The molecule has 0 atom stereocenters. The van der Waals surface area contributed by atoms with E-state index in [4.69, 9.17) is 0 Å². The minimum atomic E-state index is 0.161. The number of aryl methyl sites for hydroxylation is 1. The molecular formula is C21H27N3O. The number of nitrogens with zero attached hydrogens (tertiary/aromatic N) is 3. The summed E-state index contributed by atoms with van der Waals surface area (Å²) >= 11 is 0. The molecule has 4 heteroatoms. The molecule has 0 fully saturated rings. The van der Waals surface area contributed by atoms with Crippen LogP contribution in [0, 0.1) is 0 Å². The van der Waals surface area contributed by atoms with Gasteiger partial charge in [-0.05, 0) is 42.2 Å². The van der Waals surface area contributed by atoms with E-state index in [0.717, 1.165) is 24.9 Å². The van der Waals surface area contributed by atoms with Crippen LogP contribution in [0.3, 0.4) is 0 Å². The van der Waals surface area contributed by atoms with Crippen molar-refractivity contribution in [3.8, 4) is 0 Å². The lowest BCUT2D eigenvalue weighted by molar-refractivity contribution is -0.128. The van der Waals surface area contributed by atoms with Gasteiger partial charge in [-0.15, -0.1) is 0 Å². The maximum Gasteiger partial charge on any atom is 0.242 e. The Morgan fingerprint density at radius 3 is 2.48 bits per heavy atom. The predicted molar refractivity (Wildman–Crippen MR) is 104 cm³/mol. The molecule has 1 aliphatic heterocycles. The molecule has 0 radical (unpaired) electrons. The average Bonchev–Trinajstić information content (AvgIpc) is 2.62. The Balaban J connectivity index is 1.62. The van der Waals surface area contributed by atoms with Crippen LogP contribution in [0.15, 0.2) is 48.5 Å². The molecule has 25 heavy (non-hydrogen) atoms. The maximum absolute atomic E-state index is 12.7. The maximum atomic E-state index is 12.7. The Kier molecular flexibility index (Phi) is 5.27. The van der Waals surface area contributed by atoms with Crippen LogP contribution in [0.5, 0.6) is 0 Å². The van der Waals surface area contributed by atoms with Crippen LogP contribution in [0.4, 0.5) is 11.4 Å². The fraction of sp³-hybridized carbons (Fsp3) is 0.381. The molecule has 0 saturated carbocycles. The van der Waals surface area contributed by atoms with Crippen LogP contribution in [0.25, 0.3) is 0 Å². The molecule has 132 valence electrons. The van der Waals surface area contributed by atoms with Crippen LogP contribution in [0.2, 0.25) is 0 Å². The van der Waals surface area contributed by atoms with Crippen LogP contribution >= 0.6 is 0 Å². The first kappa shape index (κ1) is 17.3. The van der Waals surface area contributed by atoms with E-state index >= 15 is 0 Å². The summed E-state index contributed by atoms with van der Waals surface area (Å²) in [5.41, 5.74) is 4.89. The molecule has 0 aromatic heterocycles. The van der Waals surface area contributed by atoms with Crippen LogP contribution in [-0.4, -0.2) is 45.0 Å².